The van der Waals surface area contributed by atoms with Gasteiger partial charge >= 0.3 is 11.9 Å². The van der Waals surface area contributed by atoms with Gasteiger partial charge in [-0.05, 0) is 124 Å². The van der Waals surface area contributed by atoms with Gasteiger partial charge in [-0.3, -0.25) is 9.59 Å². The van der Waals surface area contributed by atoms with Crippen molar-refractivity contribution >= 4 is 11.9 Å². The highest BCUT2D eigenvalue weighted by molar-refractivity contribution is 5.76. The number of aliphatic hydroxyl groups excluding tert-OH is 2. The zero-order valence-corrected chi connectivity index (χ0v) is 24.8. The highest BCUT2D eigenvalue weighted by Crippen LogP contribution is 2.68. The van der Waals surface area contributed by atoms with Crippen molar-refractivity contribution < 1.29 is 29.3 Å². The standard InChI is InChI=1S/C32H54O6/c1-7-30(3,4)29(36)38-22-12-14-31(5)21(18-22)19-26(34)28-24-10-9-23(32(24,6)15-13-25(28)31)20(2)8-11-27(35)37-17-16-33/h20-26,28,33-34H,7-19H2,1-6H3/t20?,21?,22?,23?,24?,25?,26?,28?,31-,32+/m0/s1. The highest BCUT2D eigenvalue weighted by atomic mass is 16.5. The first-order valence-corrected chi connectivity index (χ1v) is 15.5. The van der Waals surface area contributed by atoms with E-state index < -0.39 is 5.41 Å². The van der Waals surface area contributed by atoms with E-state index in [2.05, 4.69) is 20.8 Å². The van der Waals surface area contributed by atoms with Gasteiger partial charge in [-0.1, -0.05) is 27.7 Å². The minimum atomic E-state index is -0.443. The number of hydrogen-bond donors (Lipinski definition) is 2. The van der Waals surface area contributed by atoms with Crippen LogP contribution in [0.1, 0.15) is 112 Å². The molecule has 4 fully saturated rings. The Morgan fingerprint density at radius 2 is 1.71 bits per heavy atom. The quantitative estimate of drug-likeness (QED) is 0.357. The third-order valence-corrected chi connectivity index (χ3v) is 12.3. The maximum Gasteiger partial charge on any atom is 0.311 e. The van der Waals surface area contributed by atoms with Crippen LogP contribution in [0.5, 0.6) is 0 Å². The molecule has 6 nitrogen and oxygen atoms in total. The van der Waals surface area contributed by atoms with Crippen molar-refractivity contribution in [1.82, 2.24) is 0 Å². The Kier molecular flexibility index (Phi) is 8.94. The van der Waals surface area contributed by atoms with Gasteiger partial charge in [0.15, 0.2) is 0 Å². The lowest BCUT2D eigenvalue weighted by Crippen LogP contribution is -2.59. The molecule has 10 atom stereocenters. The summed E-state index contributed by atoms with van der Waals surface area (Å²) in [6.45, 7) is 13.2. The van der Waals surface area contributed by atoms with Gasteiger partial charge in [0.25, 0.3) is 0 Å². The van der Waals surface area contributed by atoms with Crippen LogP contribution in [-0.2, 0) is 19.1 Å². The van der Waals surface area contributed by atoms with Gasteiger partial charge in [0.05, 0.1) is 18.1 Å². The lowest BCUT2D eigenvalue weighted by molar-refractivity contribution is -0.186. The van der Waals surface area contributed by atoms with Gasteiger partial charge in [-0.15, -0.1) is 0 Å². The SMILES string of the molecule is CCC(C)(C)C(=O)OC1CC[C@@]2(C)C(C1)CC(O)C1C3CCC(C(C)CCC(=O)OCCO)[C@@]3(C)CCC12. The van der Waals surface area contributed by atoms with Crippen LogP contribution < -0.4 is 0 Å². The van der Waals surface area contributed by atoms with Crippen LogP contribution in [0.3, 0.4) is 0 Å². The predicted molar refractivity (Wildman–Crippen MR) is 147 cm³/mol. The summed E-state index contributed by atoms with van der Waals surface area (Å²) in [5, 5.41) is 20.6. The third kappa shape index (κ3) is 5.42. The maximum atomic E-state index is 12.8. The molecule has 218 valence electrons. The Bertz CT molecular complexity index is 855. The average Bonchev–Trinajstić information content (AvgIpc) is 3.24. The van der Waals surface area contributed by atoms with Crippen LogP contribution in [0.2, 0.25) is 0 Å². The number of rotatable bonds is 9. The fourth-order valence-electron chi connectivity index (χ4n) is 9.50. The molecule has 4 rings (SSSR count). The first kappa shape index (κ1) is 29.8. The summed E-state index contributed by atoms with van der Waals surface area (Å²) in [7, 11) is 0. The predicted octanol–water partition coefficient (Wildman–Crippen LogP) is 5.92. The largest absolute Gasteiger partial charge is 0.463 e. The van der Waals surface area contributed by atoms with Crippen molar-refractivity contribution in [2.45, 2.75) is 124 Å². The number of aliphatic hydroxyl groups is 2. The van der Waals surface area contributed by atoms with Crippen LogP contribution in [0.4, 0.5) is 0 Å². The fraction of sp³-hybridized carbons (Fsp3) is 0.938. The van der Waals surface area contributed by atoms with Crippen molar-refractivity contribution in [3.8, 4) is 0 Å². The summed E-state index contributed by atoms with van der Waals surface area (Å²) >= 11 is 0. The zero-order valence-electron chi connectivity index (χ0n) is 24.8. The minimum Gasteiger partial charge on any atom is -0.463 e. The van der Waals surface area contributed by atoms with Crippen molar-refractivity contribution in [2.24, 2.45) is 51.8 Å². The lowest BCUT2D eigenvalue weighted by Gasteiger charge is -2.62. The maximum absolute atomic E-state index is 12.8. The summed E-state index contributed by atoms with van der Waals surface area (Å²) in [4.78, 5) is 24.8. The number of hydrogen-bond acceptors (Lipinski definition) is 6. The summed E-state index contributed by atoms with van der Waals surface area (Å²) < 4.78 is 11.1. The van der Waals surface area contributed by atoms with Crippen molar-refractivity contribution in [3.63, 3.8) is 0 Å². The molecule has 4 saturated carbocycles. The second-order valence-corrected chi connectivity index (χ2v) is 14.5. The molecule has 0 amide bonds. The molecule has 0 heterocycles. The van der Waals surface area contributed by atoms with Gasteiger partial charge in [0, 0.05) is 6.42 Å². The molecule has 4 aliphatic rings. The number of fused-ring (bicyclic) bond motifs is 5. The third-order valence-electron chi connectivity index (χ3n) is 12.3. The lowest BCUT2D eigenvalue weighted by atomic mass is 9.43. The Morgan fingerprint density at radius 3 is 2.39 bits per heavy atom. The van der Waals surface area contributed by atoms with Crippen LogP contribution >= 0.6 is 0 Å². The molecule has 0 aliphatic heterocycles. The van der Waals surface area contributed by atoms with E-state index >= 15 is 0 Å². The second-order valence-electron chi connectivity index (χ2n) is 14.5. The minimum absolute atomic E-state index is 0.0233. The van der Waals surface area contributed by atoms with Gasteiger partial charge in [-0.25, -0.2) is 0 Å². The Morgan fingerprint density at radius 1 is 1.03 bits per heavy atom. The summed E-state index contributed by atoms with van der Waals surface area (Å²) in [6.07, 6.45) is 10.1. The Labute approximate surface area is 230 Å². The van der Waals surface area contributed by atoms with Gasteiger partial charge < -0.3 is 19.7 Å². The molecule has 2 N–H and O–H groups in total. The summed E-state index contributed by atoms with van der Waals surface area (Å²) in [5.41, 5.74) is -0.0333. The van der Waals surface area contributed by atoms with E-state index in [-0.39, 0.29) is 48.2 Å². The summed E-state index contributed by atoms with van der Waals surface area (Å²) in [5.74, 6) is 2.52. The molecule has 0 bridgehead atoms. The second kappa shape index (κ2) is 11.4. The molecule has 4 aliphatic carbocycles. The first-order chi connectivity index (χ1) is 17.9. The number of esters is 2. The van der Waals surface area contributed by atoms with E-state index in [1.165, 1.54) is 19.3 Å². The number of carbonyl (C=O) groups excluding carboxylic acids is 2. The van der Waals surface area contributed by atoms with Crippen LogP contribution in [0, 0.1) is 51.8 Å². The van der Waals surface area contributed by atoms with Crippen molar-refractivity contribution in [3.05, 3.63) is 0 Å². The highest BCUT2D eigenvalue weighted by Gasteiger charge is 2.63. The molecule has 6 heteroatoms. The van der Waals surface area contributed by atoms with E-state index in [0.29, 0.717) is 41.9 Å². The smallest absolute Gasteiger partial charge is 0.311 e. The van der Waals surface area contributed by atoms with E-state index in [0.717, 1.165) is 44.9 Å². The van der Waals surface area contributed by atoms with Gasteiger partial charge in [0.1, 0.15) is 12.7 Å². The monoisotopic (exact) mass is 534 g/mol. The molecular weight excluding hydrogens is 480 g/mol. The van der Waals surface area contributed by atoms with Crippen LogP contribution in [-0.4, -0.2) is 47.6 Å². The average molecular weight is 535 g/mol. The van der Waals surface area contributed by atoms with E-state index in [9.17, 15) is 14.7 Å². The molecule has 38 heavy (non-hydrogen) atoms. The number of carbonyl (C=O) groups is 2. The molecular formula is C32H54O6. The molecule has 0 spiro atoms. The Hall–Kier alpha value is -1.14. The molecule has 0 aromatic heterocycles. The molecule has 8 unspecified atom stereocenters. The van der Waals surface area contributed by atoms with Gasteiger partial charge in [0.2, 0.25) is 0 Å². The number of ether oxygens (including phenoxy) is 2. The molecule has 0 aromatic carbocycles. The summed E-state index contributed by atoms with van der Waals surface area (Å²) in [6, 6.07) is 0. The van der Waals surface area contributed by atoms with Crippen molar-refractivity contribution in [2.75, 3.05) is 13.2 Å². The normalized spacial score (nSPS) is 41.4. The van der Waals surface area contributed by atoms with Crippen molar-refractivity contribution in [1.29, 1.82) is 0 Å². The van der Waals surface area contributed by atoms with Crippen LogP contribution in [0.25, 0.3) is 0 Å². The fourth-order valence-corrected chi connectivity index (χ4v) is 9.50. The topological polar surface area (TPSA) is 93.1 Å². The molecule has 0 aromatic rings. The van der Waals surface area contributed by atoms with E-state index in [1.807, 2.05) is 20.8 Å². The zero-order chi connectivity index (χ0) is 27.9. The van der Waals surface area contributed by atoms with Crippen LogP contribution in [0.15, 0.2) is 0 Å². The van der Waals surface area contributed by atoms with E-state index in [1.54, 1.807) is 0 Å². The molecule has 0 saturated heterocycles. The van der Waals surface area contributed by atoms with Gasteiger partial charge in [-0.2, -0.15) is 0 Å². The van der Waals surface area contributed by atoms with E-state index in [4.69, 9.17) is 14.6 Å². The Balaban J connectivity index is 1.42. The first-order valence-electron chi connectivity index (χ1n) is 15.5. The molecule has 0 radical (unpaired) electrons.